The molecule has 0 aliphatic carbocycles. The third-order valence-corrected chi connectivity index (χ3v) is 6.70. The van der Waals surface area contributed by atoms with Crippen LogP contribution in [0.2, 0.25) is 5.02 Å². The molecule has 0 heterocycles. The Morgan fingerprint density at radius 3 is 2.00 bits per heavy atom. The number of nitrogen functional groups attached to an aromatic ring is 1. The van der Waals surface area contributed by atoms with Crippen LogP contribution in [0.15, 0.2) is 23.1 Å². The van der Waals surface area contributed by atoms with E-state index < -0.39 is 10.0 Å². The number of nitrogens with zero attached hydrogens (tertiary/aromatic N) is 1. The number of nitrogens with two attached hydrogens (primary N) is 1. The fourth-order valence-electron chi connectivity index (χ4n) is 2.80. The lowest BCUT2D eigenvalue weighted by atomic mass is 10.1. The molecule has 144 valence electrons. The van der Waals surface area contributed by atoms with Gasteiger partial charge in [-0.2, -0.15) is 0 Å². The number of sulfonamides is 1. The predicted octanol–water partition coefficient (Wildman–Crippen LogP) is 5.46. The van der Waals surface area contributed by atoms with Gasteiger partial charge in [-0.1, -0.05) is 76.3 Å². The van der Waals surface area contributed by atoms with E-state index in [-0.39, 0.29) is 10.6 Å². The molecule has 0 aliphatic rings. The molecule has 1 rings (SSSR count). The number of unbranched alkanes of at least 4 members (excludes halogenated alkanes) is 9. The second-order valence-electron chi connectivity index (χ2n) is 6.69. The van der Waals surface area contributed by atoms with Crippen molar-refractivity contribution in [3.05, 3.63) is 23.2 Å². The van der Waals surface area contributed by atoms with Crippen LogP contribution in [0.25, 0.3) is 0 Å². The largest absolute Gasteiger partial charge is 0.397 e. The molecule has 1 aromatic rings. The SMILES string of the molecule is CCCCCCCCCCCCN(C)S(=O)(=O)c1ccc(Cl)c(N)c1. The first-order valence-electron chi connectivity index (χ1n) is 9.41. The lowest BCUT2D eigenvalue weighted by molar-refractivity contribution is 0.447. The third kappa shape index (κ3) is 7.97. The lowest BCUT2D eigenvalue weighted by Gasteiger charge is -2.17. The van der Waals surface area contributed by atoms with E-state index in [0.29, 0.717) is 11.6 Å². The van der Waals surface area contributed by atoms with Gasteiger partial charge in [0, 0.05) is 13.6 Å². The lowest BCUT2D eigenvalue weighted by Crippen LogP contribution is -2.28. The molecule has 25 heavy (non-hydrogen) atoms. The maximum absolute atomic E-state index is 12.5. The summed E-state index contributed by atoms with van der Waals surface area (Å²) in [5, 5.41) is 0.372. The van der Waals surface area contributed by atoms with Gasteiger partial charge < -0.3 is 5.73 Å². The molecule has 6 heteroatoms. The second kappa shape index (κ2) is 11.8. The number of hydrogen-bond donors (Lipinski definition) is 1. The smallest absolute Gasteiger partial charge is 0.242 e. The van der Waals surface area contributed by atoms with Crippen molar-refractivity contribution in [2.24, 2.45) is 0 Å². The van der Waals surface area contributed by atoms with Crippen LogP contribution in [-0.4, -0.2) is 26.3 Å². The van der Waals surface area contributed by atoms with E-state index in [2.05, 4.69) is 6.92 Å². The van der Waals surface area contributed by atoms with E-state index in [0.717, 1.165) is 12.8 Å². The minimum atomic E-state index is -3.49. The summed E-state index contributed by atoms with van der Waals surface area (Å²) in [4.78, 5) is 0.198. The summed E-state index contributed by atoms with van der Waals surface area (Å²) >= 11 is 5.86. The van der Waals surface area contributed by atoms with Gasteiger partial charge in [0.05, 0.1) is 15.6 Å². The quantitative estimate of drug-likeness (QED) is 0.360. The van der Waals surface area contributed by atoms with E-state index in [4.69, 9.17) is 17.3 Å². The monoisotopic (exact) mass is 388 g/mol. The molecule has 0 saturated heterocycles. The Morgan fingerprint density at radius 1 is 0.960 bits per heavy atom. The van der Waals surface area contributed by atoms with Crippen molar-refractivity contribution >= 4 is 27.3 Å². The van der Waals surface area contributed by atoms with Gasteiger partial charge in [0.15, 0.2) is 0 Å². The summed E-state index contributed by atoms with van der Waals surface area (Å²) in [5.41, 5.74) is 6.00. The van der Waals surface area contributed by atoms with Gasteiger partial charge in [-0.3, -0.25) is 0 Å². The summed E-state index contributed by atoms with van der Waals surface area (Å²) in [7, 11) is -1.87. The van der Waals surface area contributed by atoms with Gasteiger partial charge in [0.2, 0.25) is 10.0 Å². The first-order valence-corrected chi connectivity index (χ1v) is 11.2. The summed E-state index contributed by atoms with van der Waals surface area (Å²) < 4.78 is 26.4. The zero-order chi connectivity index (χ0) is 18.7. The van der Waals surface area contributed by atoms with Gasteiger partial charge >= 0.3 is 0 Å². The number of anilines is 1. The van der Waals surface area contributed by atoms with Crippen molar-refractivity contribution < 1.29 is 8.42 Å². The zero-order valence-electron chi connectivity index (χ0n) is 15.6. The maximum Gasteiger partial charge on any atom is 0.242 e. The zero-order valence-corrected chi connectivity index (χ0v) is 17.2. The molecule has 0 aromatic heterocycles. The van der Waals surface area contributed by atoms with Crippen LogP contribution in [0.3, 0.4) is 0 Å². The Hall–Kier alpha value is -0.780. The van der Waals surface area contributed by atoms with Crippen molar-refractivity contribution in [3.63, 3.8) is 0 Å². The number of benzene rings is 1. The Balaban J connectivity index is 2.25. The predicted molar refractivity (Wildman–Crippen MR) is 108 cm³/mol. The standard InChI is InChI=1S/C19H33ClN2O2S/c1-3-4-5-6-7-8-9-10-11-12-15-22(2)25(23,24)17-13-14-18(20)19(21)16-17/h13-14,16H,3-12,15,21H2,1-2H3. The van der Waals surface area contributed by atoms with Crippen molar-refractivity contribution in [1.29, 1.82) is 0 Å². The second-order valence-corrected chi connectivity index (χ2v) is 9.14. The Labute approximate surface area is 158 Å². The molecular weight excluding hydrogens is 356 g/mol. The van der Waals surface area contributed by atoms with Crippen LogP contribution in [-0.2, 0) is 10.0 Å². The van der Waals surface area contributed by atoms with Crippen LogP contribution in [0.5, 0.6) is 0 Å². The molecule has 4 nitrogen and oxygen atoms in total. The van der Waals surface area contributed by atoms with Gasteiger partial charge in [0.1, 0.15) is 0 Å². The van der Waals surface area contributed by atoms with Crippen LogP contribution in [0.4, 0.5) is 5.69 Å². The van der Waals surface area contributed by atoms with Crippen LogP contribution in [0.1, 0.15) is 71.1 Å². The van der Waals surface area contributed by atoms with E-state index in [1.165, 1.54) is 73.9 Å². The molecule has 0 spiro atoms. The Morgan fingerprint density at radius 2 is 1.48 bits per heavy atom. The van der Waals surface area contributed by atoms with Gasteiger partial charge in [0.25, 0.3) is 0 Å². The van der Waals surface area contributed by atoms with E-state index >= 15 is 0 Å². The van der Waals surface area contributed by atoms with Crippen molar-refractivity contribution in [2.45, 2.75) is 76.0 Å². The summed E-state index contributed by atoms with van der Waals surface area (Å²) in [5.74, 6) is 0. The molecule has 0 saturated carbocycles. The third-order valence-electron chi connectivity index (χ3n) is 4.50. The molecule has 0 amide bonds. The van der Waals surface area contributed by atoms with E-state index in [1.54, 1.807) is 7.05 Å². The highest BCUT2D eigenvalue weighted by atomic mass is 35.5. The first kappa shape index (κ1) is 22.3. The summed E-state index contributed by atoms with van der Waals surface area (Å²) in [6, 6.07) is 4.45. The van der Waals surface area contributed by atoms with Crippen molar-refractivity contribution in [3.8, 4) is 0 Å². The number of halogens is 1. The highest BCUT2D eigenvalue weighted by Gasteiger charge is 2.20. The topological polar surface area (TPSA) is 63.4 Å². The molecule has 1 aromatic carbocycles. The highest BCUT2D eigenvalue weighted by molar-refractivity contribution is 7.89. The van der Waals surface area contributed by atoms with Gasteiger partial charge in [-0.15, -0.1) is 0 Å². The molecule has 0 atom stereocenters. The molecule has 0 fully saturated rings. The fourth-order valence-corrected chi connectivity index (χ4v) is 4.17. The fraction of sp³-hybridized carbons (Fsp3) is 0.684. The van der Waals surface area contributed by atoms with E-state index in [1.807, 2.05) is 0 Å². The van der Waals surface area contributed by atoms with Crippen molar-refractivity contribution in [1.82, 2.24) is 4.31 Å². The molecular formula is C19H33ClN2O2S. The van der Waals surface area contributed by atoms with E-state index in [9.17, 15) is 8.42 Å². The number of rotatable bonds is 13. The first-order chi connectivity index (χ1) is 11.9. The Kier molecular flexibility index (Phi) is 10.5. The molecule has 0 unspecified atom stereocenters. The molecule has 0 bridgehead atoms. The minimum Gasteiger partial charge on any atom is -0.397 e. The maximum atomic E-state index is 12.5. The average Bonchev–Trinajstić information content (AvgIpc) is 2.58. The van der Waals surface area contributed by atoms with Crippen LogP contribution in [0, 0.1) is 0 Å². The number of hydrogen-bond acceptors (Lipinski definition) is 3. The summed E-state index contributed by atoms with van der Waals surface area (Å²) in [6.07, 6.45) is 12.3. The van der Waals surface area contributed by atoms with Gasteiger partial charge in [-0.05, 0) is 24.6 Å². The van der Waals surface area contributed by atoms with Crippen LogP contribution < -0.4 is 5.73 Å². The Bertz CT molecular complexity index is 605. The molecule has 2 N–H and O–H groups in total. The molecule has 0 radical (unpaired) electrons. The summed E-state index contributed by atoms with van der Waals surface area (Å²) in [6.45, 7) is 2.76. The normalized spacial score (nSPS) is 12.0. The van der Waals surface area contributed by atoms with Crippen molar-refractivity contribution in [2.75, 3.05) is 19.3 Å². The average molecular weight is 389 g/mol. The minimum absolute atomic E-state index is 0.198. The van der Waals surface area contributed by atoms with Gasteiger partial charge in [-0.25, -0.2) is 12.7 Å². The highest BCUT2D eigenvalue weighted by Crippen LogP contribution is 2.24. The molecule has 0 aliphatic heterocycles. The van der Waals surface area contributed by atoms with Crippen LogP contribution >= 0.6 is 11.6 Å².